The van der Waals surface area contributed by atoms with E-state index in [0.29, 0.717) is 11.5 Å². The van der Waals surface area contributed by atoms with Crippen LogP contribution in [0.5, 0.6) is 11.5 Å². The summed E-state index contributed by atoms with van der Waals surface area (Å²) in [4.78, 5) is 23.8. The van der Waals surface area contributed by atoms with Crippen LogP contribution in [-0.2, 0) is 19.6 Å². The Bertz CT molecular complexity index is 1020. The van der Waals surface area contributed by atoms with E-state index in [2.05, 4.69) is 15.6 Å². The molecule has 0 saturated carbocycles. The first kappa shape index (κ1) is 24.0. The zero-order chi connectivity index (χ0) is 23.0. The molecular formula is C21H27N3O6S. The third-order valence-corrected chi connectivity index (χ3v) is 5.05. The van der Waals surface area contributed by atoms with E-state index in [1.54, 1.807) is 18.2 Å². The van der Waals surface area contributed by atoms with Crippen molar-refractivity contribution >= 4 is 27.5 Å². The fourth-order valence-electron chi connectivity index (χ4n) is 2.48. The van der Waals surface area contributed by atoms with Crippen molar-refractivity contribution in [3.05, 3.63) is 53.6 Å². The van der Waals surface area contributed by atoms with E-state index in [4.69, 9.17) is 9.47 Å². The smallest absolute Gasteiger partial charge is 0.276 e. The van der Waals surface area contributed by atoms with Crippen molar-refractivity contribution in [2.45, 2.75) is 33.8 Å². The summed E-state index contributed by atoms with van der Waals surface area (Å²) in [5.74, 6) is -1.23. The van der Waals surface area contributed by atoms with E-state index in [9.17, 15) is 18.0 Å². The minimum Gasteiger partial charge on any atom is -0.491 e. The van der Waals surface area contributed by atoms with Gasteiger partial charge in [0.05, 0.1) is 6.10 Å². The number of nitrogens with one attached hydrogen (secondary N) is 3. The average Bonchev–Trinajstić information content (AvgIpc) is 2.67. The number of ether oxygens (including phenoxy) is 2. The molecule has 31 heavy (non-hydrogen) atoms. The van der Waals surface area contributed by atoms with Gasteiger partial charge >= 0.3 is 0 Å². The lowest BCUT2D eigenvalue weighted by molar-refractivity contribution is -0.128. The van der Waals surface area contributed by atoms with Crippen LogP contribution in [0.25, 0.3) is 0 Å². The second kappa shape index (κ2) is 10.7. The number of anilines is 1. The number of benzene rings is 2. The number of hydrazine groups is 1. The SMILES string of the molecule is Cc1ccc(C)c(OCC(=O)NNC(=O)CS(=O)(=O)Nc2ccc(OC(C)C)cc2)c1. The molecule has 0 aliphatic carbocycles. The highest BCUT2D eigenvalue weighted by Gasteiger charge is 2.17. The summed E-state index contributed by atoms with van der Waals surface area (Å²) in [5, 5.41) is 0. The summed E-state index contributed by atoms with van der Waals surface area (Å²) in [7, 11) is -3.97. The molecule has 0 aliphatic rings. The van der Waals surface area contributed by atoms with Gasteiger partial charge in [-0.15, -0.1) is 0 Å². The van der Waals surface area contributed by atoms with Gasteiger partial charge in [0, 0.05) is 5.69 Å². The summed E-state index contributed by atoms with van der Waals surface area (Å²) in [5.41, 5.74) is 6.32. The second-order valence-electron chi connectivity index (χ2n) is 7.21. The number of carbonyl (C=O) groups is 2. The topological polar surface area (TPSA) is 123 Å². The maximum atomic E-state index is 12.2. The lowest BCUT2D eigenvalue weighted by Gasteiger charge is -2.12. The third-order valence-electron chi connectivity index (χ3n) is 3.86. The zero-order valence-electron chi connectivity index (χ0n) is 17.9. The number of hydrogen-bond acceptors (Lipinski definition) is 6. The van der Waals surface area contributed by atoms with Crippen molar-refractivity contribution in [1.82, 2.24) is 10.9 Å². The molecule has 168 valence electrons. The van der Waals surface area contributed by atoms with Crippen molar-refractivity contribution in [3.8, 4) is 11.5 Å². The van der Waals surface area contributed by atoms with E-state index >= 15 is 0 Å². The Labute approximate surface area is 182 Å². The predicted molar refractivity (Wildman–Crippen MR) is 117 cm³/mol. The van der Waals surface area contributed by atoms with Gasteiger partial charge in [-0.3, -0.25) is 25.2 Å². The fraction of sp³-hybridized carbons (Fsp3) is 0.333. The molecule has 0 radical (unpaired) electrons. The molecule has 9 nitrogen and oxygen atoms in total. The molecular weight excluding hydrogens is 422 g/mol. The van der Waals surface area contributed by atoms with Gasteiger partial charge in [-0.2, -0.15) is 0 Å². The van der Waals surface area contributed by atoms with Crippen LogP contribution in [0.4, 0.5) is 5.69 Å². The molecule has 0 fully saturated rings. The Hall–Kier alpha value is -3.27. The number of amides is 2. The Morgan fingerprint density at radius 1 is 0.968 bits per heavy atom. The maximum absolute atomic E-state index is 12.2. The maximum Gasteiger partial charge on any atom is 0.276 e. The van der Waals surface area contributed by atoms with Crippen molar-refractivity contribution < 1.29 is 27.5 Å². The molecule has 0 bridgehead atoms. The van der Waals surface area contributed by atoms with Crippen LogP contribution in [-0.4, -0.2) is 38.7 Å². The van der Waals surface area contributed by atoms with E-state index in [0.717, 1.165) is 11.1 Å². The summed E-state index contributed by atoms with van der Waals surface area (Å²) in [6, 6.07) is 11.9. The third kappa shape index (κ3) is 8.55. The standard InChI is InChI=1S/C21H27N3O6S/c1-14(2)30-18-9-7-17(8-10-18)24-31(27,28)13-21(26)23-22-20(25)12-29-19-11-15(3)5-6-16(19)4/h5-11,14,24H,12-13H2,1-4H3,(H,22,25)(H,23,26). The molecule has 0 unspecified atom stereocenters. The Balaban J connectivity index is 1.78. The molecule has 0 atom stereocenters. The Kier molecular flexibility index (Phi) is 8.26. The lowest BCUT2D eigenvalue weighted by Crippen LogP contribution is -2.46. The highest BCUT2D eigenvalue weighted by molar-refractivity contribution is 7.93. The molecule has 0 aromatic heterocycles. The molecule has 0 saturated heterocycles. The fourth-order valence-corrected chi connectivity index (χ4v) is 3.46. The Morgan fingerprint density at radius 3 is 2.26 bits per heavy atom. The molecule has 2 rings (SSSR count). The van der Waals surface area contributed by atoms with Crippen LogP contribution in [0.3, 0.4) is 0 Å². The van der Waals surface area contributed by atoms with Gasteiger partial charge in [-0.25, -0.2) is 8.42 Å². The molecule has 0 aliphatic heterocycles. The van der Waals surface area contributed by atoms with Crippen molar-refractivity contribution in [1.29, 1.82) is 0 Å². The van der Waals surface area contributed by atoms with Gasteiger partial charge < -0.3 is 9.47 Å². The van der Waals surface area contributed by atoms with Crippen molar-refractivity contribution in [2.24, 2.45) is 0 Å². The van der Waals surface area contributed by atoms with E-state index < -0.39 is 27.6 Å². The summed E-state index contributed by atoms with van der Waals surface area (Å²) in [6.07, 6.45) is -0.00678. The molecule has 0 heterocycles. The van der Waals surface area contributed by atoms with E-state index in [1.807, 2.05) is 39.8 Å². The molecule has 0 spiro atoms. The lowest BCUT2D eigenvalue weighted by atomic mass is 10.1. The van der Waals surface area contributed by atoms with Gasteiger partial charge in [0.2, 0.25) is 10.0 Å². The molecule has 2 aromatic rings. The molecule has 10 heteroatoms. The molecule has 3 N–H and O–H groups in total. The monoisotopic (exact) mass is 449 g/mol. The van der Waals surface area contributed by atoms with Gasteiger partial charge in [0.1, 0.15) is 17.3 Å². The van der Waals surface area contributed by atoms with Gasteiger partial charge in [0.15, 0.2) is 6.61 Å². The first-order valence-electron chi connectivity index (χ1n) is 9.59. The second-order valence-corrected chi connectivity index (χ2v) is 8.93. The van der Waals surface area contributed by atoms with Gasteiger partial charge in [-0.05, 0) is 69.2 Å². The summed E-state index contributed by atoms with van der Waals surface area (Å²) >= 11 is 0. The van der Waals surface area contributed by atoms with Crippen LogP contribution >= 0.6 is 0 Å². The number of carbonyl (C=O) groups excluding carboxylic acids is 2. The van der Waals surface area contributed by atoms with Crippen LogP contribution in [0, 0.1) is 13.8 Å². The first-order valence-corrected chi connectivity index (χ1v) is 11.2. The van der Waals surface area contributed by atoms with E-state index in [1.165, 1.54) is 12.1 Å². The highest BCUT2D eigenvalue weighted by Crippen LogP contribution is 2.19. The van der Waals surface area contributed by atoms with Crippen molar-refractivity contribution in [2.75, 3.05) is 17.1 Å². The largest absolute Gasteiger partial charge is 0.491 e. The van der Waals surface area contributed by atoms with Gasteiger partial charge in [0.25, 0.3) is 11.8 Å². The quantitative estimate of drug-likeness (QED) is 0.504. The number of hydrogen-bond donors (Lipinski definition) is 3. The predicted octanol–water partition coefficient (Wildman–Crippen LogP) is 2.06. The van der Waals surface area contributed by atoms with Crippen LogP contribution in [0.15, 0.2) is 42.5 Å². The van der Waals surface area contributed by atoms with Crippen LogP contribution < -0.4 is 25.0 Å². The minimum absolute atomic E-state index is 0.00678. The normalized spacial score (nSPS) is 11.0. The number of sulfonamides is 1. The first-order chi connectivity index (χ1) is 14.5. The van der Waals surface area contributed by atoms with Gasteiger partial charge in [-0.1, -0.05) is 12.1 Å². The zero-order valence-corrected chi connectivity index (χ0v) is 18.7. The number of rotatable bonds is 9. The Morgan fingerprint density at radius 2 is 1.61 bits per heavy atom. The van der Waals surface area contributed by atoms with Crippen LogP contribution in [0.2, 0.25) is 0 Å². The summed E-state index contributed by atoms with van der Waals surface area (Å²) in [6.45, 7) is 7.17. The van der Waals surface area contributed by atoms with E-state index in [-0.39, 0.29) is 18.4 Å². The molecule has 2 amide bonds. The van der Waals surface area contributed by atoms with Crippen molar-refractivity contribution in [3.63, 3.8) is 0 Å². The summed E-state index contributed by atoms with van der Waals surface area (Å²) < 4.78 is 37.5. The number of aryl methyl sites for hydroxylation is 2. The van der Waals surface area contributed by atoms with Crippen LogP contribution in [0.1, 0.15) is 25.0 Å². The molecule has 2 aromatic carbocycles. The minimum atomic E-state index is -3.97. The highest BCUT2D eigenvalue weighted by atomic mass is 32.2. The average molecular weight is 450 g/mol.